The maximum absolute atomic E-state index is 5.91. The third-order valence-corrected chi connectivity index (χ3v) is 2.69. The molecule has 0 atom stereocenters. The van der Waals surface area contributed by atoms with Crippen LogP contribution in [0.15, 0.2) is 6.07 Å². The quantitative estimate of drug-likeness (QED) is 0.703. The van der Waals surface area contributed by atoms with E-state index in [9.17, 15) is 0 Å². The molecule has 0 fully saturated rings. The van der Waals surface area contributed by atoms with E-state index in [2.05, 4.69) is 0 Å². The van der Waals surface area contributed by atoms with Gasteiger partial charge in [-0.2, -0.15) is 0 Å². The first-order chi connectivity index (χ1) is 5.57. The van der Waals surface area contributed by atoms with Crippen LogP contribution in [0, 0.1) is 6.92 Å². The molecule has 0 bridgehead atoms. The molecule has 0 aliphatic heterocycles. The van der Waals surface area contributed by atoms with E-state index in [1.165, 1.54) is 7.11 Å². The molecule has 0 aromatic heterocycles. The van der Waals surface area contributed by atoms with E-state index in [0.29, 0.717) is 20.8 Å². The van der Waals surface area contributed by atoms with Crippen LogP contribution in [0.5, 0.6) is 5.75 Å². The summed E-state index contributed by atoms with van der Waals surface area (Å²) in [5.41, 5.74) is 0.777. The van der Waals surface area contributed by atoms with Crippen LogP contribution in [0.25, 0.3) is 0 Å². The highest BCUT2D eigenvalue weighted by Gasteiger charge is 2.11. The monoisotopic (exact) mass is 224 g/mol. The maximum Gasteiger partial charge on any atom is 0.156 e. The molecule has 0 unspecified atom stereocenters. The molecule has 4 heteroatoms. The van der Waals surface area contributed by atoms with Gasteiger partial charge in [0.2, 0.25) is 0 Å². The van der Waals surface area contributed by atoms with Crippen LogP contribution in [0.3, 0.4) is 0 Å². The molecule has 0 N–H and O–H groups in total. The molecule has 0 heterocycles. The molecule has 1 rings (SSSR count). The minimum atomic E-state index is 0.429. The lowest BCUT2D eigenvalue weighted by atomic mass is 10.2. The zero-order valence-corrected chi connectivity index (χ0v) is 8.89. The van der Waals surface area contributed by atoms with Crippen molar-refractivity contribution >= 4 is 34.8 Å². The molecular formula is C8H7Cl3O. The largest absolute Gasteiger partial charge is 0.494 e. The number of ether oxygens (including phenoxy) is 1. The van der Waals surface area contributed by atoms with Crippen molar-refractivity contribution in [2.75, 3.05) is 7.11 Å². The average molecular weight is 226 g/mol. The summed E-state index contributed by atoms with van der Waals surface area (Å²) in [5, 5.41) is 1.44. The van der Waals surface area contributed by atoms with Crippen LogP contribution >= 0.6 is 34.8 Å². The Morgan fingerprint density at radius 3 is 2.25 bits per heavy atom. The van der Waals surface area contributed by atoms with Crippen molar-refractivity contribution in [3.05, 3.63) is 26.7 Å². The Bertz CT molecular complexity index is 310. The Morgan fingerprint density at radius 2 is 1.75 bits per heavy atom. The Labute approximate surface area is 86.2 Å². The summed E-state index contributed by atoms with van der Waals surface area (Å²) in [6.07, 6.45) is 0. The van der Waals surface area contributed by atoms with Gasteiger partial charge in [-0.15, -0.1) is 0 Å². The van der Waals surface area contributed by atoms with Crippen molar-refractivity contribution in [3.63, 3.8) is 0 Å². The van der Waals surface area contributed by atoms with Gasteiger partial charge in [-0.25, -0.2) is 0 Å². The fourth-order valence-corrected chi connectivity index (χ4v) is 1.77. The van der Waals surface area contributed by atoms with Gasteiger partial charge in [-0.3, -0.25) is 0 Å². The first-order valence-corrected chi connectivity index (χ1v) is 4.39. The number of methoxy groups -OCH3 is 1. The number of rotatable bonds is 1. The molecule has 1 aromatic carbocycles. The first kappa shape index (κ1) is 9.97. The number of benzene rings is 1. The zero-order chi connectivity index (χ0) is 9.30. The van der Waals surface area contributed by atoms with Crippen molar-refractivity contribution in [2.24, 2.45) is 0 Å². The standard InChI is InChI=1S/C8H7Cl3O/c1-4-5(9)3-6(10)8(12-2)7(4)11/h3H,1-2H3. The summed E-state index contributed by atoms with van der Waals surface area (Å²) in [4.78, 5) is 0. The van der Waals surface area contributed by atoms with E-state index >= 15 is 0 Å². The van der Waals surface area contributed by atoms with E-state index in [-0.39, 0.29) is 0 Å². The third kappa shape index (κ3) is 1.63. The summed E-state index contributed by atoms with van der Waals surface area (Å²) in [5.74, 6) is 0.472. The highest BCUT2D eigenvalue weighted by Crippen LogP contribution is 2.38. The summed E-state index contributed by atoms with van der Waals surface area (Å²) in [6.45, 7) is 1.81. The molecule has 0 aliphatic rings. The molecule has 0 amide bonds. The van der Waals surface area contributed by atoms with Gasteiger partial charge >= 0.3 is 0 Å². The van der Waals surface area contributed by atoms with E-state index in [1.807, 2.05) is 6.92 Å². The van der Waals surface area contributed by atoms with Gasteiger partial charge in [-0.1, -0.05) is 34.8 Å². The molecule has 0 radical (unpaired) electrons. The van der Waals surface area contributed by atoms with Crippen LogP contribution in [0.1, 0.15) is 5.56 Å². The van der Waals surface area contributed by atoms with Crippen molar-refractivity contribution < 1.29 is 4.74 Å². The molecule has 1 aromatic rings. The highest BCUT2D eigenvalue weighted by molar-refractivity contribution is 6.41. The van der Waals surface area contributed by atoms with Gasteiger partial charge in [0, 0.05) is 5.02 Å². The Balaban J connectivity index is 3.40. The van der Waals surface area contributed by atoms with E-state index in [4.69, 9.17) is 39.5 Å². The third-order valence-electron chi connectivity index (χ3n) is 1.56. The molecular weight excluding hydrogens is 218 g/mol. The first-order valence-electron chi connectivity index (χ1n) is 3.26. The molecule has 1 nitrogen and oxygen atoms in total. The minimum Gasteiger partial charge on any atom is -0.494 e. The van der Waals surface area contributed by atoms with Crippen molar-refractivity contribution in [3.8, 4) is 5.75 Å². The van der Waals surface area contributed by atoms with Crippen LogP contribution in [0.4, 0.5) is 0 Å². The highest BCUT2D eigenvalue weighted by atomic mass is 35.5. The molecule has 0 aliphatic carbocycles. The minimum absolute atomic E-state index is 0.429. The van der Waals surface area contributed by atoms with Gasteiger partial charge < -0.3 is 4.74 Å². The van der Waals surface area contributed by atoms with Gasteiger partial charge in [-0.05, 0) is 18.6 Å². The lowest BCUT2D eigenvalue weighted by Crippen LogP contribution is -1.88. The normalized spacial score (nSPS) is 10.1. The summed E-state index contributed by atoms with van der Waals surface area (Å²) >= 11 is 17.5. The fraction of sp³-hybridized carbons (Fsp3) is 0.250. The Hall–Kier alpha value is -0.110. The summed E-state index contributed by atoms with van der Waals surface area (Å²) < 4.78 is 4.99. The van der Waals surface area contributed by atoms with Gasteiger partial charge in [0.25, 0.3) is 0 Å². The van der Waals surface area contributed by atoms with Crippen LogP contribution < -0.4 is 4.74 Å². The summed E-state index contributed by atoms with van der Waals surface area (Å²) in [7, 11) is 1.51. The topological polar surface area (TPSA) is 9.23 Å². The van der Waals surface area contributed by atoms with Gasteiger partial charge in [0.15, 0.2) is 5.75 Å². The van der Waals surface area contributed by atoms with Crippen LogP contribution in [-0.4, -0.2) is 7.11 Å². The second kappa shape index (κ2) is 3.73. The van der Waals surface area contributed by atoms with Crippen LogP contribution in [-0.2, 0) is 0 Å². The van der Waals surface area contributed by atoms with Crippen molar-refractivity contribution in [2.45, 2.75) is 6.92 Å². The number of hydrogen-bond acceptors (Lipinski definition) is 1. The molecule has 66 valence electrons. The zero-order valence-electron chi connectivity index (χ0n) is 6.62. The van der Waals surface area contributed by atoms with E-state index < -0.39 is 0 Å². The summed E-state index contributed by atoms with van der Waals surface area (Å²) in [6, 6.07) is 1.61. The SMILES string of the molecule is COc1c(Cl)cc(Cl)c(C)c1Cl. The number of hydrogen-bond donors (Lipinski definition) is 0. The lowest BCUT2D eigenvalue weighted by Gasteiger charge is -2.08. The predicted molar refractivity (Wildman–Crippen MR) is 52.8 cm³/mol. The Kier molecular flexibility index (Phi) is 3.10. The van der Waals surface area contributed by atoms with Gasteiger partial charge in [0.05, 0.1) is 17.2 Å². The second-order valence-corrected chi connectivity index (χ2v) is 3.50. The molecule has 0 saturated heterocycles. The molecule has 0 saturated carbocycles. The van der Waals surface area contributed by atoms with Crippen LogP contribution in [0.2, 0.25) is 15.1 Å². The van der Waals surface area contributed by atoms with E-state index in [1.54, 1.807) is 6.07 Å². The predicted octanol–water partition coefficient (Wildman–Crippen LogP) is 3.96. The molecule has 0 spiro atoms. The maximum atomic E-state index is 5.91. The fourth-order valence-electron chi connectivity index (χ4n) is 0.852. The van der Waals surface area contributed by atoms with E-state index in [0.717, 1.165) is 5.56 Å². The second-order valence-electron chi connectivity index (χ2n) is 2.31. The smallest absolute Gasteiger partial charge is 0.156 e. The Morgan fingerprint density at radius 1 is 1.17 bits per heavy atom. The molecule has 12 heavy (non-hydrogen) atoms. The van der Waals surface area contributed by atoms with Crippen molar-refractivity contribution in [1.82, 2.24) is 0 Å². The number of halogens is 3. The lowest BCUT2D eigenvalue weighted by molar-refractivity contribution is 0.415. The van der Waals surface area contributed by atoms with Crippen molar-refractivity contribution in [1.29, 1.82) is 0 Å². The van der Waals surface area contributed by atoms with Gasteiger partial charge in [0.1, 0.15) is 0 Å². The average Bonchev–Trinajstić information content (AvgIpc) is 2.01.